The summed E-state index contributed by atoms with van der Waals surface area (Å²) in [4.78, 5) is 8.23. The van der Waals surface area contributed by atoms with Gasteiger partial charge in [-0.1, -0.05) is 12.1 Å². The zero-order valence-corrected chi connectivity index (χ0v) is 14.3. The van der Waals surface area contributed by atoms with Crippen molar-refractivity contribution in [3.63, 3.8) is 0 Å². The minimum atomic E-state index is -4.35. The number of guanidine groups is 1. The van der Waals surface area contributed by atoms with Gasteiger partial charge >= 0.3 is 6.18 Å². The maximum Gasteiger partial charge on any atom is 0.416 e. The first kappa shape index (κ1) is 19.7. The van der Waals surface area contributed by atoms with Crippen molar-refractivity contribution in [2.24, 2.45) is 4.99 Å². The summed E-state index contributed by atoms with van der Waals surface area (Å²) in [6.45, 7) is 2.97. The van der Waals surface area contributed by atoms with Crippen LogP contribution in [0.25, 0.3) is 0 Å². The Hall–Kier alpha value is -2.61. The fourth-order valence-corrected chi connectivity index (χ4v) is 2.21. The highest BCUT2D eigenvalue weighted by molar-refractivity contribution is 5.79. The lowest BCUT2D eigenvalue weighted by atomic mass is 10.1. The molecule has 0 aliphatic rings. The van der Waals surface area contributed by atoms with Gasteiger partial charge in [0.05, 0.1) is 18.2 Å². The number of hydrogen-bond donors (Lipinski definition) is 3. The third-order valence-corrected chi connectivity index (χ3v) is 3.60. The van der Waals surface area contributed by atoms with Gasteiger partial charge in [-0.15, -0.1) is 0 Å². The Kier molecular flexibility index (Phi) is 6.97. The van der Waals surface area contributed by atoms with E-state index in [-0.39, 0.29) is 13.1 Å². The standard InChI is InChI=1S/C18H21F3N4O/c1-2-23-17(25-12-16(26)14-7-9-22-10-8-14)24-11-13-3-5-15(6-4-13)18(19,20)21/h3-10,16,26H,2,11-12H2,1H3,(H2,23,24,25). The van der Waals surface area contributed by atoms with E-state index in [1.807, 2.05) is 6.92 Å². The predicted molar refractivity (Wildman–Crippen MR) is 93.5 cm³/mol. The molecule has 0 bridgehead atoms. The maximum atomic E-state index is 12.6. The molecule has 0 fully saturated rings. The fourth-order valence-electron chi connectivity index (χ4n) is 2.21. The number of halogens is 3. The second-order valence-corrected chi connectivity index (χ2v) is 5.57. The lowest BCUT2D eigenvalue weighted by molar-refractivity contribution is -0.137. The van der Waals surface area contributed by atoms with Crippen molar-refractivity contribution in [3.8, 4) is 0 Å². The van der Waals surface area contributed by atoms with Crippen LogP contribution >= 0.6 is 0 Å². The first-order chi connectivity index (χ1) is 12.4. The van der Waals surface area contributed by atoms with Crippen molar-refractivity contribution < 1.29 is 18.3 Å². The molecule has 2 aromatic rings. The van der Waals surface area contributed by atoms with Crippen LogP contribution in [0.2, 0.25) is 0 Å². The largest absolute Gasteiger partial charge is 0.416 e. The number of hydrogen-bond acceptors (Lipinski definition) is 3. The average Bonchev–Trinajstić information content (AvgIpc) is 2.64. The summed E-state index contributed by atoms with van der Waals surface area (Å²) in [5, 5.41) is 16.2. The number of aliphatic hydroxyl groups excluding tert-OH is 1. The zero-order valence-electron chi connectivity index (χ0n) is 14.3. The molecule has 1 atom stereocenters. The number of aliphatic hydroxyl groups is 1. The highest BCUT2D eigenvalue weighted by Crippen LogP contribution is 2.29. The van der Waals surface area contributed by atoms with Crippen LogP contribution in [0, 0.1) is 0 Å². The van der Waals surface area contributed by atoms with Gasteiger partial charge in [-0.2, -0.15) is 13.2 Å². The van der Waals surface area contributed by atoms with Gasteiger partial charge in [0.15, 0.2) is 5.96 Å². The Morgan fingerprint density at radius 2 is 1.77 bits per heavy atom. The molecule has 5 nitrogen and oxygen atoms in total. The van der Waals surface area contributed by atoms with Gasteiger partial charge in [0.1, 0.15) is 0 Å². The summed E-state index contributed by atoms with van der Waals surface area (Å²) in [7, 11) is 0. The van der Waals surface area contributed by atoms with E-state index in [9.17, 15) is 18.3 Å². The molecule has 1 aromatic carbocycles. The SMILES string of the molecule is CCNC(=NCc1ccc(C(F)(F)F)cc1)NCC(O)c1ccncc1. The van der Waals surface area contributed by atoms with Gasteiger partial charge in [-0.3, -0.25) is 4.98 Å². The van der Waals surface area contributed by atoms with Crippen LogP contribution in [0.5, 0.6) is 0 Å². The van der Waals surface area contributed by atoms with Crippen molar-refractivity contribution in [3.05, 3.63) is 65.5 Å². The molecule has 1 unspecified atom stereocenters. The van der Waals surface area contributed by atoms with E-state index in [4.69, 9.17) is 0 Å². The Balaban J connectivity index is 1.95. The molecule has 2 rings (SSSR count). The van der Waals surface area contributed by atoms with Gasteiger partial charge in [-0.25, -0.2) is 4.99 Å². The summed E-state index contributed by atoms with van der Waals surface area (Å²) in [6, 6.07) is 8.33. The van der Waals surface area contributed by atoms with E-state index < -0.39 is 17.8 Å². The molecule has 0 saturated heterocycles. The second-order valence-electron chi connectivity index (χ2n) is 5.57. The van der Waals surface area contributed by atoms with Gasteiger partial charge in [0.25, 0.3) is 0 Å². The molecule has 0 spiro atoms. The number of benzene rings is 1. The Bertz CT molecular complexity index is 703. The van der Waals surface area contributed by atoms with Crippen LogP contribution in [0.4, 0.5) is 13.2 Å². The highest BCUT2D eigenvalue weighted by atomic mass is 19.4. The highest BCUT2D eigenvalue weighted by Gasteiger charge is 2.29. The van der Waals surface area contributed by atoms with Crippen LogP contribution in [0.1, 0.15) is 29.7 Å². The van der Waals surface area contributed by atoms with E-state index in [1.54, 1.807) is 24.5 Å². The number of alkyl halides is 3. The summed E-state index contributed by atoms with van der Waals surface area (Å²) < 4.78 is 37.7. The topological polar surface area (TPSA) is 69.5 Å². The zero-order chi connectivity index (χ0) is 19.0. The minimum Gasteiger partial charge on any atom is -0.387 e. The van der Waals surface area contributed by atoms with Crippen molar-refractivity contribution in [2.75, 3.05) is 13.1 Å². The fraction of sp³-hybridized carbons (Fsp3) is 0.333. The molecular weight excluding hydrogens is 345 g/mol. The molecule has 1 heterocycles. The molecule has 26 heavy (non-hydrogen) atoms. The summed E-state index contributed by atoms with van der Waals surface area (Å²) in [5.41, 5.74) is 0.701. The molecule has 0 amide bonds. The lowest BCUT2D eigenvalue weighted by Crippen LogP contribution is -2.39. The Labute approximate surface area is 150 Å². The Morgan fingerprint density at radius 3 is 2.35 bits per heavy atom. The van der Waals surface area contributed by atoms with Crippen molar-refractivity contribution in [2.45, 2.75) is 25.7 Å². The molecule has 0 aliphatic heterocycles. The Morgan fingerprint density at radius 1 is 1.12 bits per heavy atom. The number of pyridine rings is 1. The van der Waals surface area contributed by atoms with Gasteiger partial charge in [0, 0.05) is 25.5 Å². The molecule has 0 radical (unpaired) electrons. The van der Waals surface area contributed by atoms with Crippen LogP contribution < -0.4 is 10.6 Å². The molecule has 8 heteroatoms. The van der Waals surface area contributed by atoms with Gasteiger partial charge in [0.2, 0.25) is 0 Å². The van der Waals surface area contributed by atoms with Crippen LogP contribution in [0.15, 0.2) is 53.8 Å². The summed E-state index contributed by atoms with van der Waals surface area (Å²) in [6.07, 6.45) is -1.88. The van der Waals surface area contributed by atoms with E-state index in [2.05, 4.69) is 20.6 Å². The normalized spacial score (nSPS) is 13.3. The molecule has 140 valence electrons. The monoisotopic (exact) mass is 366 g/mol. The van der Waals surface area contributed by atoms with Crippen molar-refractivity contribution in [1.82, 2.24) is 15.6 Å². The van der Waals surface area contributed by atoms with Crippen molar-refractivity contribution >= 4 is 5.96 Å². The number of nitrogens with one attached hydrogen (secondary N) is 2. The van der Waals surface area contributed by atoms with Crippen LogP contribution in [-0.4, -0.2) is 29.1 Å². The average molecular weight is 366 g/mol. The number of nitrogens with zero attached hydrogens (tertiary/aromatic N) is 2. The predicted octanol–water partition coefficient (Wildman–Crippen LogP) is 2.89. The third-order valence-electron chi connectivity index (χ3n) is 3.60. The van der Waals surface area contributed by atoms with Gasteiger partial charge in [-0.05, 0) is 42.3 Å². The van der Waals surface area contributed by atoms with Gasteiger partial charge < -0.3 is 15.7 Å². The molecular formula is C18H21F3N4O. The smallest absolute Gasteiger partial charge is 0.387 e. The van der Waals surface area contributed by atoms with E-state index in [0.717, 1.165) is 17.7 Å². The lowest BCUT2D eigenvalue weighted by Gasteiger charge is -2.15. The van der Waals surface area contributed by atoms with Crippen LogP contribution in [0.3, 0.4) is 0 Å². The quantitative estimate of drug-likeness (QED) is 0.543. The number of aromatic nitrogens is 1. The number of aliphatic imine (C=N–C) groups is 1. The van der Waals surface area contributed by atoms with Crippen LogP contribution in [-0.2, 0) is 12.7 Å². The summed E-state index contributed by atoms with van der Waals surface area (Å²) in [5.74, 6) is 0.473. The molecule has 0 saturated carbocycles. The third kappa shape index (κ3) is 6.03. The van der Waals surface area contributed by atoms with Crippen molar-refractivity contribution in [1.29, 1.82) is 0 Å². The first-order valence-electron chi connectivity index (χ1n) is 8.16. The second kappa shape index (κ2) is 9.19. The van der Waals surface area contributed by atoms with E-state index in [0.29, 0.717) is 18.1 Å². The molecule has 3 N–H and O–H groups in total. The van der Waals surface area contributed by atoms with E-state index >= 15 is 0 Å². The number of rotatable bonds is 6. The minimum absolute atomic E-state index is 0.221. The van der Waals surface area contributed by atoms with E-state index in [1.165, 1.54) is 12.1 Å². The molecule has 1 aromatic heterocycles. The molecule has 0 aliphatic carbocycles. The first-order valence-corrected chi connectivity index (χ1v) is 8.16. The maximum absolute atomic E-state index is 12.6. The summed E-state index contributed by atoms with van der Waals surface area (Å²) >= 11 is 0.